The molecular formula is C15H15NO. The Morgan fingerprint density at radius 3 is 2.35 bits per heavy atom. The standard InChI is InChI=1S/C15H15NO/c1-10-6-14(9-16-8-10)15(17)13-5-4-11(2)12(3)7-13/h4-9H,1-3H3. The average molecular weight is 225 g/mol. The molecule has 2 aromatic rings. The van der Waals surface area contributed by atoms with Crippen molar-refractivity contribution in [3.63, 3.8) is 0 Å². The van der Waals surface area contributed by atoms with E-state index < -0.39 is 0 Å². The maximum absolute atomic E-state index is 12.2. The molecule has 0 saturated carbocycles. The Labute approximate surface area is 101 Å². The number of rotatable bonds is 2. The van der Waals surface area contributed by atoms with Gasteiger partial charge in [0, 0.05) is 23.5 Å². The number of carbonyl (C=O) groups is 1. The largest absolute Gasteiger partial charge is 0.289 e. The normalized spacial score (nSPS) is 10.3. The molecule has 0 aliphatic heterocycles. The van der Waals surface area contributed by atoms with Gasteiger partial charge in [0.25, 0.3) is 0 Å². The van der Waals surface area contributed by atoms with Gasteiger partial charge >= 0.3 is 0 Å². The third-order valence-electron chi connectivity index (χ3n) is 2.91. The lowest BCUT2D eigenvalue weighted by Gasteiger charge is -2.05. The summed E-state index contributed by atoms with van der Waals surface area (Å²) in [5.74, 6) is 0.0318. The number of hydrogen-bond donors (Lipinski definition) is 0. The number of nitrogens with zero attached hydrogens (tertiary/aromatic N) is 1. The molecule has 0 N–H and O–H groups in total. The quantitative estimate of drug-likeness (QED) is 0.734. The molecule has 0 amide bonds. The van der Waals surface area contributed by atoms with Crippen molar-refractivity contribution in [2.45, 2.75) is 20.8 Å². The van der Waals surface area contributed by atoms with Crippen molar-refractivity contribution in [3.8, 4) is 0 Å². The SMILES string of the molecule is Cc1cncc(C(=O)c2ccc(C)c(C)c2)c1. The summed E-state index contributed by atoms with van der Waals surface area (Å²) in [6.45, 7) is 5.99. The zero-order valence-electron chi connectivity index (χ0n) is 10.3. The Hall–Kier alpha value is -1.96. The van der Waals surface area contributed by atoms with Crippen molar-refractivity contribution in [2.24, 2.45) is 0 Å². The molecule has 1 aromatic carbocycles. The fraction of sp³-hybridized carbons (Fsp3) is 0.200. The van der Waals surface area contributed by atoms with Crippen LogP contribution in [0.25, 0.3) is 0 Å². The van der Waals surface area contributed by atoms with E-state index in [2.05, 4.69) is 4.98 Å². The van der Waals surface area contributed by atoms with Crippen molar-refractivity contribution in [1.82, 2.24) is 4.98 Å². The van der Waals surface area contributed by atoms with Crippen molar-refractivity contribution < 1.29 is 4.79 Å². The van der Waals surface area contributed by atoms with E-state index in [1.54, 1.807) is 12.4 Å². The number of ketones is 1. The number of hydrogen-bond acceptors (Lipinski definition) is 2. The van der Waals surface area contributed by atoms with Crippen LogP contribution in [0.15, 0.2) is 36.7 Å². The van der Waals surface area contributed by atoms with E-state index in [0.29, 0.717) is 5.56 Å². The molecule has 2 heteroatoms. The number of benzene rings is 1. The van der Waals surface area contributed by atoms with Crippen molar-refractivity contribution in [1.29, 1.82) is 0 Å². The molecule has 17 heavy (non-hydrogen) atoms. The molecule has 0 aliphatic carbocycles. The Bertz CT molecular complexity index is 573. The van der Waals surface area contributed by atoms with E-state index in [-0.39, 0.29) is 5.78 Å². The molecule has 0 bridgehead atoms. The van der Waals surface area contributed by atoms with Gasteiger partial charge in [-0.25, -0.2) is 0 Å². The lowest BCUT2D eigenvalue weighted by Crippen LogP contribution is -2.03. The molecule has 0 unspecified atom stereocenters. The summed E-state index contributed by atoms with van der Waals surface area (Å²) in [6, 6.07) is 7.64. The summed E-state index contributed by atoms with van der Waals surface area (Å²) in [6.07, 6.45) is 3.36. The lowest BCUT2D eigenvalue weighted by molar-refractivity contribution is 0.103. The van der Waals surface area contributed by atoms with E-state index in [9.17, 15) is 4.79 Å². The van der Waals surface area contributed by atoms with E-state index in [1.807, 2.05) is 45.0 Å². The van der Waals surface area contributed by atoms with Crippen LogP contribution in [0.5, 0.6) is 0 Å². The Balaban J connectivity index is 2.40. The van der Waals surface area contributed by atoms with Gasteiger partial charge < -0.3 is 0 Å². The highest BCUT2D eigenvalue weighted by atomic mass is 16.1. The van der Waals surface area contributed by atoms with Crippen LogP contribution in [0.1, 0.15) is 32.6 Å². The van der Waals surface area contributed by atoms with E-state index in [4.69, 9.17) is 0 Å². The number of carbonyl (C=O) groups excluding carboxylic acids is 1. The van der Waals surface area contributed by atoms with Crippen LogP contribution in [-0.4, -0.2) is 10.8 Å². The minimum atomic E-state index is 0.0318. The Kier molecular flexibility index (Phi) is 3.05. The molecule has 2 rings (SSSR count). The lowest BCUT2D eigenvalue weighted by atomic mass is 10.00. The maximum Gasteiger partial charge on any atom is 0.194 e. The minimum absolute atomic E-state index is 0.0318. The monoisotopic (exact) mass is 225 g/mol. The maximum atomic E-state index is 12.2. The van der Waals surface area contributed by atoms with Gasteiger partial charge in [-0.2, -0.15) is 0 Å². The van der Waals surface area contributed by atoms with Gasteiger partial charge in [0.1, 0.15) is 0 Å². The van der Waals surface area contributed by atoms with Gasteiger partial charge in [0.15, 0.2) is 5.78 Å². The van der Waals surface area contributed by atoms with Gasteiger partial charge in [0.2, 0.25) is 0 Å². The summed E-state index contributed by atoms with van der Waals surface area (Å²) in [4.78, 5) is 16.3. The molecule has 0 saturated heterocycles. The van der Waals surface area contributed by atoms with Crippen molar-refractivity contribution in [2.75, 3.05) is 0 Å². The van der Waals surface area contributed by atoms with Gasteiger partial charge in [-0.3, -0.25) is 9.78 Å². The molecule has 0 spiro atoms. The molecule has 1 aromatic heterocycles. The van der Waals surface area contributed by atoms with Gasteiger partial charge in [-0.05, 0) is 49.6 Å². The predicted octanol–water partition coefficient (Wildman–Crippen LogP) is 3.24. The number of aromatic nitrogens is 1. The first-order valence-corrected chi connectivity index (χ1v) is 5.61. The third kappa shape index (κ3) is 2.41. The fourth-order valence-electron chi connectivity index (χ4n) is 1.73. The Morgan fingerprint density at radius 1 is 0.941 bits per heavy atom. The predicted molar refractivity (Wildman–Crippen MR) is 68.3 cm³/mol. The molecule has 1 heterocycles. The molecule has 2 nitrogen and oxygen atoms in total. The van der Waals surface area contributed by atoms with Crippen LogP contribution in [-0.2, 0) is 0 Å². The summed E-state index contributed by atoms with van der Waals surface area (Å²) in [7, 11) is 0. The second kappa shape index (κ2) is 4.50. The molecular weight excluding hydrogens is 210 g/mol. The van der Waals surface area contributed by atoms with Gasteiger partial charge in [-0.15, -0.1) is 0 Å². The van der Waals surface area contributed by atoms with Crippen molar-refractivity contribution >= 4 is 5.78 Å². The molecule has 0 atom stereocenters. The first kappa shape index (κ1) is 11.5. The van der Waals surface area contributed by atoms with Crippen LogP contribution >= 0.6 is 0 Å². The average Bonchev–Trinajstić information content (AvgIpc) is 2.32. The summed E-state index contributed by atoms with van der Waals surface area (Å²) >= 11 is 0. The smallest absolute Gasteiger partial charge is 0.194 e. The summed E-state index contributed by atoms with van der Waals surface area (Å²) in [5, 5.41) is 0. The number of aryl methyl sites for hydroxylation is 3. The fourth-order valence-corrected chi connectivity index (χ4v) is 1.73. The molecule has 86 valence electrons. The highest BCUT2D eigenvalue weighted by Crippen LogP contribution is 2.14. The van der Waals surface area contributed by atoms with Crippen LogP contribution in [0.3, 0.4) is 0 Å². The zero-order valence-corrected chi connectivity index (χ0v) is 10.3. The second-order valence-electron chi connectivity index (χ2n) is 4.38. The minimum Gasteiger partial charge on any atom is -0.289 e. The summed E-state index contributed by atoms with van der Waals surface area (Å²) in [5.41, 5.74) is 4.70. The number of pyridine rings is 1. The van der Waals surface area contributed by atoms with E-state index >= 15 is 0 Å². The van der Waals surface area contributed by atoms with Crippen LogP contribution in [0.2, 0.25) is 0 Å². The molecule has 0 fully saturated rings. The van der Waals surface area contributed by atoms with Gasteiger partial charge in [-0.1, -0.05) is 12.1 Å². The highest BCUT2D eigenvalue weighted by molar-refractivity contribution is 6.09. The third-order valence-corrected chi connectivity index (χ3v) is 2.91. The summed E-state index contributed by atoms with van der Waals surface area (Å²) < 4.78 is 0. The van der Waals surface area contributed by atoms with Gasteiger partial charge in [0.05, 0.1) is 0 Å². The highest BCUT2D eigenvalue weighted by Gasteiger charge is 2.10. The van der Waals surface area contributed by atoms with E-state index in [1.165, 1.54) is 5.56 Å². The molecule has 0 radical (unpaired) electrons. The van der Waals surface area contributed by atoms with Crippen LogP contribution in [0.4, 0.5) is 0 Å². The zero-order chi connectivity index (χ0) is 12.4. The Morgan fingerprint density at radius 2 is 1.71 bits per heavy atom. The van der Waals surface area contributed by atoms with E-state index in [0.717, 1.165) is 16.7 Å². The first-order valence-electron chi connectivity index (χ1n) is 5.61. The first-order chi connectivity index (χ1) is 8.08. The van der Waals surface area contributed by atoms with Crippen molar-refractivity contribution in [3.05, 3.63) is 64.5 Å². The second-order valence-corrected chi connectivity index (χ2v) is 4.38. The topological polar surface area (TPSA) is 30.0 Å². The van der Waals surface area contributed by atoms with Crippen LogP contribution in [0, 0.1) is 20.8 Å². The van der Waals surface area contributed by atoms with Crippen LogP contribution < -0.4 is 0 Å². The molecule has 0 aliphatic rings.